The number of nitrogens with zero attached hydrogens (tertiary/aromatic N) is 1. The van der Waals surface area contributed by atoms with Crippen LogP contribution in [0.2, 0.25) is 0 Å². The second kappa shape index (κ2) is 5.05. The molecule has 4 heteroatoms. The number of rotatable bonds is 5. The zero-order chi connectivity index (χ0) is 11.5. The number of aromatic nitrogens is 1. The molecule has 0 aliphatic rings. The molecule has 0 unspecified atom stereocenters. The Kier molecular flexibility index (Phi) is 4.25. The molecule has 0 aromatic carbocycles. The Morgan fingerprint density at radius 1 is 1.40 bits per heavy atom. The summed E-state index contributed by atoms with van der Waals surface area (Å²) in [6.45, 7) is 9.48. The predicted molar refractivity (Wildman–Crippen MR) is 64.0 cm³/mol. The van der Waals surface area contributed by atoms with E-state index in [2.05, 4.69) is 25.8 Å². The first kappa shape index (κ1) is 12.6. The van der Waals surface area contributed by atoms with Gasteiger partial charge in [-0.1, -0.05) is 6.92 Å². The van der Waals surface area contributed by atoms with Gasteiger partial charge in [-0.15, -0.1) is 11.3 Å². The zero-order valence-electron chi connectivity index (χ0n) is 9.96. The topological polar surface area (TPSA) is 48.1 Å². The maximum absolute atomic E-state index is 5.69. The molecule has 0 saturated carbocycles. The van der Waals surface area contributed by atoms with Crippen molar-refractivity contribution < 1.29 is 4.74 Å². The van der Waals surface area contributed by atoms with Crippen LogP contribution >= 0.6 is 11.3 Å². The molecule has 0 fully saturated rings. The fourth-order valence-electron chi connectivity index (χ4n) is 1.50. The minimum atomic E-state index is -0.295. The fraction of sp³-hybridized carbons (Fsp3) is 0.727. The lowest BCUT2D eigenvalue weighted by molar-refractivity contribution is -0.0142. The smallest absolute Gasteiger partial charge is 0.125 e. The molecular formula is C11H20N2OS. The molecule has 1 aromatic rings. The van der Waals surface area contributed by atoms with Gasteiger partial charge >= 0.3 is 0 Å². The molecule has 15 heavy (non-hydrogen) atoms. The minimum absolute atomic E-state index is 0.295. The van der Waals surface area contributed by atoms with Gasteiger partial charge in [0.2, 0.25) is 0 Å². The largest absolute Gasteiger partial charge is 0.369 e. The van der Waals surface area contributed by atoms with Gasteiger partial charge in [0.25, 0.3) is 0 Å². The van der Waals surface area contributed by atoms with Crippen LogP contribution in [0, 0.1) is 0 Å². The first-order valence-electron chi connectivity index (χ1n) is 5.38. The van der Waals surface area contributed by atoms with Gasteiger partial charge in [0.15, 0.2) is 0 Å². The molecule has 2 N–H and O–H groups in total. The molecule has 0 aliphatic carbocycles. The van der Waals surface area contributed by atoms with Crippen LogP contribution in [-0.2, 0) is 23.3 Å². The van der Waals surface area contributed by atoms with E-state index in [4.69, 9.17) is 10.5 Å². The van der Waals surface area contributed by atoms with Gasteiger partial charge in [-0.2, -0.15) is 0 Å². The van der Waals surface area contributed by atoms with Crippen molar-refractivity contribution in [3.63, 3.8) is 0 Å². The highest BCUT2D eigenvalue weighted by Gasteiger charge is 2.25. The van der Waals surface area contributed by atoms with Crippen molar-refractivity contribution >= 4 is 11.3 Å². The van der Waals surface area contributed by atoms with Crippen LogP contribution in [0.5, 0.6) is 0 Å². The summed E-state index contributed by atoms with van der Waals surface area (Å²) in [5, 5.41) is 1.03. The molecule has 1 heterocycles. The molecule has 86 valence electrons. The molecule has 0 amide bonds. The highest BCUT2D eigenvalue weighted by molar-refractivity contribution is 7.11. The van der Waals surface area contributed by atoms with E-state index < -0.39 is 0 Å². The van der Waals surface area contributed by atoms with Gasteiger partial charge < -0.3 is 10.5 Å². The van der Waals surface area contributed by atoms with E-state index >= 15 is 0 Å². The first-order chi connectivity index (χ1) is 7.05. The maximum Gasteiger partial charge on any atom is 0.125 e. The lowest BCUT2D eigenvalue weighted by Crippen LogP contribution is -2.21. The van der Waals surface area contributed by atoms with Gasteiger partial charge in [0.1, 0.15) is 10.6 Å². The van der Waals surface area contributed by atoms with Crippen LogP contribution in [0.1, 0.15) is 43.3 Å². The lowest BCUT2D eigenvalue weighted by Gasteiger charge is -2.21. The SMILES string of the molecule is CCOC(C)(C)c1nc(CC)c(CN)s1. The average molecular weight is 228 g/mol. The number of nitrogens with two attached hydrogens (primary N) is 1. The second-order valence-electron chi connectivity index (χ2n) is 3.89. The van der Waals surface area contributed by atoms with Gasteiger partial charge in [-0.25, -0.2) is 4.98 Å². The standard InChI is InChI=1S/C11H20N2OS/c1-5-8-9(7-12)15-10(13-8)11(3,4)14-6-2/h5-7,12H2,1-4H3. The normalized spacial score (nSPS) is 12.1. The van der Waals surface area contributed by atoms with Crippen molar-refractivity contribution in [2.75, 3.05) is 6.61 Å². The summed E-state index contributed by atoms with van der Waals surface area (Å²) in [6.07, 6.45) is 0.936. The van der Waals surface area contributed by atoms with Crippen LogP contribution in [0.15, 0.2) is 0 Å². The van der Waals surface area contributed by atoms with Gasteiger partial charge in [-0.3, -0.25) is 0 Å². The monoisotopic (exact) mass is 228 g/mol. The molecule has 0 spiro atoms. The Bertz CT molecular complexity index is 299. The molecule has 0 radical (unpaired) electrons. The highest BCUT2D eigenvalue weighted by atomic mass is 32.1. The third kappa shape index (κ3) is 2.77. The van der Waals surface area contributed by atoms with Crippen LogP contribution in [0.4, 0.5) is 0 Å². The second-order valence-corrected chi connectivity index (χ2v) is 4.97. The summed E-state index contributed by atoms with van der Waals surface area (Å²) in [5.41, 5.74) is 6.51. The van der Waals surface area contributed by atoms with Crippen molar-refractivity contribution in [1.82, 2.24) is 4.98 Å². The third-order valence-corrected chi connectivity index (χ3v) is 3.74. The minimum Gasteiger partial charge on any atom is -0.369 e. The first-order valence-corrected chi connectivity index (χ1v) is 6.19. The molecule has 0 saturated heterocycles. The summed E-state index contributed by atoms with van der Waals surface area (Å²) in [5.74, 6) is 0. The zero-order valence-corrected chi connectivity index (χ0v) is 10.8. The Morgan fingerprint density at radius 3 is 2.47 bits per heavy atom. The molecule has 1 aromatic heterocycles. The number of hydrogen-bond donors (Lipinski definition) is 1. The summed E-state index contributed by atoms with van der Waals surface area (Å²) < 4.78 is 5.68. The van der Waals surface area contributed by atoms with Crippen LogP contribution in [0.25, 0.3) is 0 Å². The maximum atomic E-state index is 5.69. The molecule has 0 bridgehead atoms. The van der Waals surface area contributed by atoms with Crippen molar-refractivity contribution in [1.29, 1.82) is 0 Å². The summed E-state index contributed by atoms with van der Waals surface area (Å²) >= 11 is 1.67. The Hall–Kier alpha value is -0.450. The van der Waals surface area contributed by atoms with Crippen molar-refractivity contribution in [2.24, 2.45) is 5.73 Å². The summed E-state index contributed by atoms with van der Waals surface area (Å²) in [6, 6.07) is 0. The molecule has 1 rings (SSSR count). The summed E-state index contributed by atoms with van der Waals surface area (Å²) in [7, 11) is 0. The number of ether oxygens (including phenoxy) is 1. The van der Waals surface area contributed by atoms with Crippen molar-refractivity contribution in [3.8, 4) is 0 Å². The van der Waals surface area contributed by atoms with Gasteiger partial charge in [0, 0.05) is 18.0 Å². The van der Waals surface area contributed by atoms with E-state index in [9.17, 15) is 0 Å². The molecular weight excluding hydrogens is 208 g/mol. The van der Waals surface area contributed by atoms with Crippen molar-refractivity contribution in [2.45, 2.75) is 46.3 Å². The van der Waals surface area contributed by atoms with Gasteiger partial charge in [-0.05, 0) is 27.2 Å². The third-order valence-electron chi connectivity index (χ3n) is 2.32. The van der Waals surface area contributed by atoms with E-state index in [1.54, 1.807) is 11.3 Å². The molecule has 3 nitrogen and oxygen atoms in total. The van der Waals surface area contributed by atoms with Crippen LogP contribution < -0.4 is 5.73 Å². The highest BCUT2D eigenvalue weighted by Crippen LogP contribution is 2.30. The summed E-state index contributed by atoms with van der Waals surface area (Å²) in [4.78, 5) is 5.78. The van der Waals surface area contributed by atoms with E-state index in [-0.39, 0.29) is 5.60 Å². The van der Waals surface area contributed by atoms with E-state index in [0.717, 1.165) is 17.1 Å². The van der Waals surface area contributed by atoms with E-state index in [1.165, 1.54) is 4.88 Å². The van der Waals surface area contributed by atoms with Crippen molar-refractivity contribution in [3.05, 3.63) is 15.6 Å². The molecule has 0 atom stereocenters. The van der Waals surface area contributed by atoms with Gasteiger partial charge in [0.05, 0.1) is 5.69 Å². The number of aryl methyl sites for hydroxylation is 1. The average Bonchev–Trinajstić information content (AvgIpc) is 2.61. The Morgan fingerprint density at radius 2 is 2.07 bits per heavy atom. The number of thiazole rings is 1. The van der Waals surface area contributed by atoms with E-state index in [1.807, 2.05) is 6.92 Å². The van der Waals surface area contributed by atoms with Crippen LogP contribution in [-0.4, -0.2) is 11.6 Å². The predicted octanol–water partition coefficient (Wildman–Crippen LogP) is 2.44. The fourth-order valence-corrected chi connectivity index (χ4v) is 2.58. The van der Waals surface area contributed by atoms with E-state index in [0.29, 0.717) is 13.2 Å². The van der Waals surface area contributed by atoms with Crippen LogP contribution in [0.3, 0.4) is 0 Å². The Balaban J connectivity index is 2.99. The molecule has 0 aliphatic heterocycles. The lowest BCUT2D eigenvalue weighted by atomic mass is 10.1. The quantitative estimate of drug-likeness (QED) is 0.842. The number of hydrogen-bond acceptors (Lipinski definition) is 4. The Labute approximate surface area is 95.7 Å².